The number of ether oxygens (including phenoxy) is 1. The predicted molar refractivity (Wildman–Crippen MR) is 59.8 cm³/mol. The fraction of sp³-hybridized carbons (Fsp3) is 0.778. The quantitative estimate of drug-likeness (QED) is 0.795. The molecule has 78 valence electrons. The van der Waals surface area contributed by atoms with E-state index in [1.54, 1.807) is 11.3 Å². The van der Waals surface area contributed by atoms with Gasteiger partial charge in [0, 0.05) is 6.61 Å². The molecule has 5 heteroatoms. The van der Waals surface area contributed by atoms with Crippen LogP contribution in [0.15, 0.2) is 0 Å². The normalized spacial score (nSPS) is 24.0. The van der Waals surface area contributed by atoms with Gasteiger partial charge in [-0.15, -0.1) is 10.2 Å². The Kier molecular flexibility index (Phi) is 3.52. The smallest absolute Gasteiger partial charge is 0.146 e. The van der Waals surface area contributed by atoms with Gasteiger partial charge in [-0.2, -0.15) is 0 Å². The Labute approximate surface area is 96.0 Å². The Balaban J connectivity index is 2.08. The first-order chi connectivity index (χ1) is 6.81. The molecule has 1 fully saturated rings. The second-order valence-electron chi connectivity index (χ2n) is 3.36. The number of hydrogen-bond acceptors (Lipinski definition) is 4. The molecule has 14 heavy (non-hydrogen) atoms. The number of aromatic nitrogens is 2. The maximum Gasteiger partial charge on any atom is 0.146 e. The third-order valence-electron chi connectivity index (χ3n) is 2.29. The molecule has 2 atom stereocenters. The minimum atomic E-state index is 0.206. The topological polar surface area (TPSA) is 35.0 Å². The van der Waals surface area contributed by atoms with Crippen LogP contribution < -0.4 is 0 Å². The lowest BCUT2D eigenvalue weighted by Crippen LogP contribution is -1.93. The van der Waals surface area contributed by atoms with Gasteiger partial charge in [-0.1, -0.05) is 34.2 Å². The van der Waals surface area contributed by atoms with Gasteiger partial charge in [0.15, 0.2) is 0 Å². The second-order valence-corrected chi connectivity index (χ2v) is 5.50. The number of rotatable bonds is 3. The molecule has 2 rings (SSSR count). The second kappa shape index (κ2) is 4.68. The third kappa shape index (κ3) is 2.15. The van der Waals surface area contributed by atoms with Gasteiger partial charge in [-0.3, -0.25) is 0 Å². The van der Waals surface area contributed by atoms with Crippen LogP contribution in [0.25, 0.3) is 0 Å². The first-order valence-electron chi connectivity index (χ1n) is 4.90. The molecule has 1 aliphatic rings. The van der Waals surface area contributed by atoms with Crippen LogP contribution in [0, 0.1) is 0 Å². The van der Waals surface area contributed by atoms with Gasteiger partial charge in [0.2, 0.25) is 0 Å². The summed E-state index contributed by atoms with van der Waals surface area (Å²) in [6.45, 7) is 3.00. The van der Waals surface area contributed by atoms with E-state index in [1.165, 1.54) is 0 Å². The summed E-state index contributed by atoms with van der Waals surface area (Å²) in [7, 11) is 0. The molecular weight excluding hydrogens is 264 g/mol. The Bertz CT molecular complexity index is 299. The molecule has 1 aromatic rings. The highest BCUT2D eigenvalue weighted by atomic mass is 79.9. The zero-order chi connectivity index (χ0) is 9.97. The monoisotopic (exact) mass is 276 g/mol. The number of halogens is 1. The number of nitrogens with zero attached hydrogens (tertiary/aromatic N) is 2. The summed E-state index contributed by atoms with van der Waals surface area (Å²) in [4.78, 5) is 0.343. The van der Waals surface area contributed by atoms with E-state index in [1.807, 2.05) is 0 Å². The Morgan fingerprint density at radius 3 is 3.14 bits per heavy atom. The average molecular weight is 277 g/mol. The van der Waals surface area contributed by atoms with E-state index in [4.69, 9.17) is 4.74 Å². The molecule has 1 saturated heterocycles. The summed E-state index contributed by atoms with van der Waals surface area (Å²) in [5.74, 6) is 0. The highest BCUT2D eigenvalue weighted by molar-refractivity contribution is 9.09. The molecule has 0 spiro atoms. The van der Waals surface area contributed by atoms with Crippen LogP contribution in [0.2, 0.25) is 0 Å². The molecule has 0 aliphatic carbocycles. The van der Waals surface area contributed by atoms with Crippen LogP contribution >= 0.6 is 27.3 Å². The van der Waals surface area contributed by atoms with E-state index < -0.39 is 0 Å². The predicted octanol–water partition coefficient (Wildman–Crippen LogP) is 3.24. The average Bonchev–Trinajstić information content (AvgIpc) is 2.86. The summed E-state index contributed by atoms with van der Waals surface area (Å²) < 4.78 is 5.56. The minimum Gasteiger partial charge on any atom is -0.371 e. The highest BCUT2D eigenvalue weighted by Gasteiger charge is 2.23. The van der Waals surface area contributed by atoms with E-state index >= 15 is 0 Å². The molecule has 0 amide bonds. The van der Waals surface area contributed by atoms with Crippen molar-refractivity contribution in [2.75, 3.05) is 6.61 Å². The van der Waals surface area contributed by atoms with Crippen molar-refractivity contribution in [3.63, 3.8) is 0 Å². The van der Waals surface area contributed by atoms with Gasteiger partial charge in [-0.25, -0.2) is 0 Å². The molecule has 1 aliphatic heterocycles. The zero-order valence-corrected chi connectivity index (χ0v) is 10.5. The third-order valence-corrected chi connectivity index (χ3v) is 4.80. The fourth-order valence-electron chi connectivity index (χ4n) is 1.45. The van der Waals surface area contributed by atoms with Crippen LogP contribution in [0.4, 0.5) is 0 Å². The molecule has 1 aromatic heterocycles. The van der Waals surface area contributed by atoms with Gasteiger partial charge in [0.05, 0.1) is 4.83 Å². The van der Waals surface area contributed by atoms with Crippen molar-refractivity contribution in [3.05, 3.63) is 10.0 Å². The van der Waals surface area contributed by atoms with Gasteiger partial charge in [-0.05, 0) is 19.3 Å². The van der Waals surface area contributed by atoms with Crippen molar-refractivity contribution in [1.29, 1.82) is 0 Å². The Morgan fingerprint density at radius 1 is 1.64 bits per heavy atom. The first kappa shape index (κ1) is 10.5. The van der Waals surface area contributed by atoms with E-state index in [2.05, 4.69) is 33.1 Å². The van der Waals surface area contributed by atoms with Crippen LogP contribution in [-0.2, 0) is 4.74 Å². The van der Waals surface area contributed by atoms with Crippen molar-refractivity contribution in [3.8, 4) is 0 Å². The fourth-order valence-corrected chi connectivity index (χ4v) is 2.81. The van der Waals surface area contributed by atoms with Crippen molar-refractivity contribution >= 4 is 27.3 Å². The lowest BCUT2D eigenvalue weighted by atomic mass is 10.2. The number of alkyl halides is 1. The van der Waals surface area contributed by atoms with E-state index in [-0.39, 0.29) is 6.10 Å². The Hall–Kier alpha value is -0.0000000000000000555. The lowest BCUT2D eigenvalue weighted by molar-refractivity contribution is 0.111. The maximum atomic E-state index is 5.56. The molecule has 0 saturated carbocycles. The van der Waals surface area contributed by atoms with Crippen LogP contribution in [-0.4, -0.2) is 16.8 Å². The molecule has 0 bridgehead atoms. The molecule has 2 unspecified atom stereocenters. The van der Waals surface area contributed by atoms with Crippen molar-refractivity contribution < 1.29 is 4.74 Å². The summed E-state index contributed by atoms with van der Waals surface area (Å²) in [6, 6.07) is 0. The van der Waals surface area contributed by atoms with Gasteiger partial charge in [0.25, 0.3) is 0 Å². The molecular formula is C9H13BrN2OS. The van der Waals surface area contributed by atoms with Crippen LogP contribution in [0.1, 0.15) is 47.1 Å². The molecule has 0 N–H and O–H groups in total. The van der Waals surface area contributed by atoms with Gasteiger partial charge >= 0.3 is 0 Å². The van der Waals surface area contributed by atoms with Crippen LogP contribution in [0.3, 0.4) is 0 Å². The summed E-state index contributed by atoms with van der Waals surface area (Å²) in [6.07, 6.45) is 3.48. The standard InChI is InChI=1S/C9H13BrN2OS/c1-2-6(10)8-11-12-9(14-8)7-4-3-5-13-7/h6-7H,2-5H2,1H3. The lowest BCUT2D eigenvalue weighted by Gasteiger charge is -2.02. The first-order valence-corrected chi connectivity index (χ1v) is 6.63. The van der Waals surface area contributed by atoms with Crippen molar-refractivity contribution in [2.24, 2.45) is 0 Å². The molecule has 2 heterocycles. The van der Waals surface area contributed by atoms with Crippen molar-refractivity contribution in [2.45, 2.75) is 37.1 Å². The van der Waals surface area contributed by atoms with Crippen LogP contribution in [0.5, 0.6) is 0 Å². The van der Waals surface area contributed by atoms with Gasteiger partial charge in [0.1, 0.15) is 16.1 Å². The number of hydrogen-bond donors (Lipinski definition) is 0. The van der Waals surface area contributed by atoms with E-state index in [9.17, 15) is 0 Å². The van der Waals surface area contributed by atoms with Crippen molar-refractivity contribution in [1.82, 2.24) is 10.2 Å². The molecule has 0 aromatic carbocycles. The summed E-state index contributed by atoms with van der Waals surface area (Å²) >= 11 is 5.24. The molecule has 0 radical (unpaired) electrons. The maximum absolute atomic E-state index is 5.56. The summed E-state index contributed by atoms with van der Waals surface area (Å²) in [5, 5.41) is 10.5. The van der Waals surface area contributed by atoms with E-state index in [0.29, 0.717) is 4.83 Å². The van der Waals surface area contributed by atoms with Gasteiger partial charge < -0.3 is 4.74 Å². The SMILES string of the molecule is CCC(Br)c1nnc(C2CCCO2)s1. The minimum absolute atomic E-state index is 0.206. The zero-order valence-electron chi connectivity index (χ0n) is 8.07. The van der Waals surface area contributed by atoms with E-state index in [0.717, 1.165) is 35.9 Å². The Morgan fingerprint density at radius 2 is 2.50 bits per heavy atom. The summed E-state index contributed by atoms with van der Waals surface area (Å²) in [5.41, 5.74) is 0. The molecule has 3 nitrogen and oxygen atoms in total. The largest absolute Gasteiger partial charge is 0.371 e. The highest BCUT2D eigenvalue weighted by Crippen LogP contribution is 2.34.